The fourth-order valence-electron chi connectivity index (χ4n) is 4.29. The summed E-state index contributed by atoms with van der Waals surface area (Å²) in [5.74, 6) is 2.81. The van der Waals surface area contributed by atoms with E-state index in [0.717, 1.165) is 40.3 Å². The smallest absolute Gasteiger partial charge is 0.214 e. The molecule has 0 N–H and O–H groups in total. The second kappa shape index (κ2) is 8.42. The number of fused-ring (bicyclic) bond motifs is 3. The van der Waals surface area contributed by atoms with Gasteiger partial charge in [-0.2, -0.15) is 5.10 Å². The van der Waals surface area contributed by atoms with Crippen LogP contribution in [0, 0.1) is 0 Å². The zero-order valence-corrected chi connectivity index (χ0v) is 18.3. The number of nitrogens with zero attached hydrogens (tertiary/aromatic N) is 3. The molecule has 3 heterocycles. The Hall–Kier alpha value is -3.74. The van der Waals surface area contributed by atoms with E-state index in [1.165, 1.54) is 0 Å². The molecule has 2 atom stereocenters. The third-order valence-electron chi connectivity index (χ3n) is 5.77. The number of pyridine rings is 1. The molecule has 0 fully saturated rings. The second-order valence-corrected chi connectivity index (χ2v) is 7.58. The summed E-state index contributed by atoms with van der Waals surface area (Å²) in [4.78, 5) is 4.27. The lowest BCUT2D eigenvalue weighted by atomic mass is 9.96. The van der Waals surface area contributed by atoms with E-state index in [4.69, 9.17) is 24.0 Å². The number of hydrazone groups is 1. The predicted octanol–water partition coefficient (Wildman–Crippen LogP) is 4.74. The van der Waals surface area contributed by atoms with E-state index in [9.17, 15) is 0 Å². The molecule has 1 aromatic heterocycles. The first-order chi connectivity index (χ1) is 15.7. The van der Waals surface area contributed by atoms with Crippen molar-refractivity contribution in [1.29, 1.82) is 0 Å². The lowest BCUT2D eigenvalue weighted by Gasteiger charge is -2.38. The Bertz CT molecular complexity index is 1150. The maximum atomic E-state index is 6.55. The van der Waals surface area contributed by atoms with Crippen LogP contribution in [0.4, 0.5) is 0 Å². The number of benzene rings is 2. The van der Waals surface area contributed by atoms with Crippen LogP contribution >= 0.6 is 0 Å². The van der Waals surface area contributed by atoms with E-state index < -0.39 is 6.23 Å². The lowest BCUT2D eigenvalue weighted by molar-refractivity contribution is -0.0213. The first-order valence-corrected chi connectivity index (χ1v) is 10.6. The van der Waals surface area contributed by atoms with Crippen molar-refractivity contribution in [1.82, 2.24) is 9.99 Å². The maximum Gasteiger partial charge on any atom is 0.214 e. The fourth-order valence-corrected chi connectivity index (χ4v) is 4.29. The molecule has 2 aromatic carbocycles. The van der Waals surface area contributed by atoms with E-state index in [1.807, 2.05) is 60.6 Å². The largest absolute Gasteiger partial charge is 0.493 e. The second-order valence-electron chi connectivity index (χ2n) is 7.58. The summed E-state index contributed by atoms with van der Waals surface area (Å²) >= 11 is 0. The first-order valence-electron chi connectivity index (χ1n) is 10.6. The number of hydrogen-bond donors (Lipinski definition) is 0. The molecule has 0 saturated carbocycles. The van der Waals surface area contributed by atoms with Crippen molar-refractivity contribution < 1.29 is 18.9 Å². The lowest BCUT2D eigenvalue weighted by Crippen LogP contribution is -2.34. The minimum atomic E-state index is -0.442. The Morgan fingerprint density at radius 3 is 2.66 bits per heavy atom. The average molecular weight is 431 g/mol. The van der Waals surface area contributed by atoms with E-state index in [2.05, 4.69) is 11.1 Å². The molecule has 0 bridgehead atoms. The van der Waals surface area contributed by atoms with Crippen molar-refractivity contribution in [3.63, 3.8) is 0 Å². The molecule has 0 amide bonds. The van der Waals surface area contributed by atoms with Crippen LogP contribution in [0.25, 0.3) is 0 Å². The predicted molar refractivity (Wildman–Crippen MR) is 120 cm³/mol. The van der Waals surface area contributed by atoms with Gasteiger partial charge in [0.2, 0.25) is 6.23 Å². The maximum absolute atomic E-state index is 6.55. The van der Waals surface area contributed by atoms with Crippen LogP contribution in [0.15, 0.2) is 66.0 Å². The molecule has 2 aliphatic heterocycles. The molecule has 32 heavy (non-hydrogen) atoms. The van der Waals surface area contributed by atoms with Gasteiger partial charge in [-0.15, -0.1) is 0 Å². The van der Waals surface area contributed by atoms with Gasteiger partial charge in [-0.3, -0.25) is 4.98 Å². The summed E-state index contributed by atoms with van der Waals surface area (Å²) in [6, 6.07) is 15.8. The summed E-state index contributed by atoms with van der Waals surface area (Å²) in [5.41, 5.74) is 3.97. The third kappa shape index (κ3) is 3.39. The molecule has 2 unspecified atom stereocenters. The Kier molecular flexibility index (Phi) is 5.31. The number of para-hydroxylation sites is 1. The van der Waals surface area contributed by atoms with Gasteiger partial charge in [-0.25, -0.2) is 5.01 Å². The van der Waals surface area contributed by atoms with E-state index in [0.29, 0.717) is 18.1 Å². The highest BCUT2D eigenvalue weighted by atomic mass is 16.5. The fraction of sp³-hybridized carbons (Fsp3) is 0.280. The molecule has 0 radical (unpaired) electrons. The molecule has 2 aliphatic rings. The van der Waals surface area contributed by atoms with Gasteiger partial charge in [-0.1, -0.05) is 18.2 Å². The van der Waals surface area contributed by atoms with Gasteiger partial charge in [0.05, 0.1) is 32.6 Å². The Morgan fingerprint density at radius 1 is 1.03 bits per heavy atom. The van der Waals surface area contributed by atoms with Gasteiger partial charge in [0, 0.05) is 35.5 Å². The highest BCUT2D eigenvalue weighted by Gasteiger charge is 2.42. The molecule has 7 nitrogen and oxygen atoms in total. The molecule has 5 rings (SSSR count). The number of aromatic nitrogens is 1. The molecule has 0 spiro atoms. The molecular weight excluding hydrogens is 406 g/mol. The van der Waals surface area contributed by atoms with Crippen LogP contribution in [0.2, 0.25) is 0 Å². The van der Waals surface area contributed by atoms with E-state index in [-0.39, 0.29) is 6.04 Å². The van der Waals surface area contributed by atoms with Crippen LogP contribution in [-0.4, -0.2) is 36.5 Å². The molecule has 164 valence electrons. The van der Waals surface area contributed by atoms with Crippen molar-refractivity contribution >= 4 is 5.71 Å². The quantitative estimate of drug-likeness (QED) is 0.562. The van der Waals surface area contributed by atoms with Gasteiger partial charge >= 0.3 is 0 Å². The monoisotopic (exact) mass is 431 g/mol. The molecule has 0 saturated heterocycles. The van der Waals surface area contributed by atoms with Gasteiger partial charge in [0.15, 0.2) is 23.0 Å². The van der Waals surface area contributed by atoms with E-state index >= 15 is 0 Å². The van der Waals surface area contributed by atoms with Crippen molar-refractivity contribution in [3.05, 3.63) is 77.6 Å². The summed E-state index contributed by atoms with van der Waals surface area (Å²) in [6.45, 7) is 2.53. The normalized spacial score (nSPS) is 18.8. The number of ether oxygens (including phenoxy) is 4. The van der Waals surface area contributed by atoms with Crippen LogP contribution in [0.1, 0.15) is 42.3 Å². The minimum absolute atomic E-state index is 0.0208. The summed E-state index contributed by atoms with van der Waals surface area (Å²) in [7, 11) is 3.25. The average Bonchev–Trinajstić information content (AvgIpc) is 3.30. The Balaban J connectivity index is 1.62. The molecule has 0 aliphatic carbocycles. The van der Waals surface area contributed by atoms with Crippen LogP contribution < -0.4 is 18.9 Å². The van der Waals surface area contributed by atoms with E-state index in [1.54, 1.807) is 20.4 Å². The van der Waals surface area contributed by atoms with Crippen molar-refractivity contribution in [2.75, 3.05) is 20.8 Å². The summed E-state index contributed by atoms with van der Waals surface area (Å²) < 4.78 is 23.4. The topological polar surface area (TPSA) is 65.4 Å². The standard InChI is InChI=1S/C25H25N3O4/c1-4-31-22-9-5-8-18-20-14-19(17-7-6-12-26-15-17)27-28(20)25(32-24(18)22)16-10-11-21(29-2)23(13-16)30-3/h5-13,15,20,25H,4,14H2,1-3H3. The van der Waals surface area contributed by atoms with Crippen LogP contribution in [0.5, 0.6) is 23.0 Å². The van der Waals surface area contributed by atoms with Gasteiger partial charge in [-0.05, 0) is 37.3 Å². The highest BCUT2D eigenvalue weighted by Crippen LogP contribution is 2.51. The van der Waals surface area contributed by atoms with Crippen LogP contribution in [-0.2, 0) is 0 Å². The highest BCUT2D eigenvalue weighted by molar-refractivity contribution is 6.01. The van der Waals surface area contributed by atoms with Crippen molar-refractivity contribution in [2.45, 2.75) is 25.6 Å². The third-order valence-corrected chi connectivity index (χ3v) is 5.77. The minimum Gasteiger partial charge on any atom is -0.493 e. The van der Waals surface area contributed by atoms with Gasteiger partial charge in [0.25, 0.3) is 0 Å². The zero-order chi connectivity index (χ0) is 22.1. The molecular formula is C25H25N3O4. The Labute approximate surface area is 187 Å². The Morgan fingerprint density at radius 2 is 1.91 bits per heavy atom. The van der Waals surface area contributed by atoms with Crippen LogP contribution in [0.3, 0.4) is 0 Å². The van der Waals surface area contributed by atoms with Gasteiger partial charge < -0.3 is 18.9 Å². The zero-order valence-electron chi connectivity index (χ0n) is 18.3. The summed E-state index contributed by atoms with van der Waals surface area (Å²) in [6.07, 6.45) is 3.93. The number of methoxy groups -OCH3 is 2. The van der Waals surface area contributed by atoms with Gasteiger partial charge in [0.1, 0.15) is 0 Å². The molecule has 7 heteroatoms. The summed E-state index contributed by atoms with van der Waals surface area (Å²) in [5, 5.41) is 7.01. The van der Waals surface area contributed by atoms with Crippen molar-refractivity contribution in [2.24, 2.45) is 5.10 Å². The SMILES string of the molecule is CCOc1cccc2c1OC(c1ccc(OC)c(OC)c1)N1N=C(c3cccnc3)CC21. The molecule has 3 aromatic rings. The number of hydrogen-bond acceptors (Lipinski definition) is 7. The number of rotatable bonds is 6. The first kappa shape index (κ1) is 20.2. The van der Waals surface area contributed by atoms with Crippen molar-refractivity contribution in [3.8, 4) is 23.0 Å².